The predicted octanol–water partition coefficient (Wildman–Crippen LogP) is 4.55. The van der Waals surface area contributed by atoms with Crippen LogP contribution in [-0.2, 0) is 4.79 Å². The SMILES string of the molecule is CSc1ccc(/C=C2\C(=O)Nc3cc(Cl)ccc32)cc1. The molecule has 2 aromatic carbocycles. The Labute approximate surface area is 126 Å². The van der Waals surface area contributed by atoms with Crippen LogP contribution in [0.3, 0.4) is 0 Å². The van der Waals surface area contributed by atoms with Gasteiger partial charge in [0.1, 0.15) is 0 Å². The summed E-state index contributed by atoms with van der Waals surface area (Å²) < 4.78 is 0. The highest BCUT2D eigenvalue weighted by Gasteiger charge is 2.23. The second kappa shape index (κ2) is 5.35. The molecule has 1 aliphatic heterocycles. The predicted molar refractivity (Wildman–Crippen MR) is 86.2 cm³/mol. The van der Waals surface area contributed by atoms with Gasteiger partial charge in [-0.05, 0) is 42.2 Å². The van der Waals surface area contributed by atoms with E-state index >= 15 is 0 Å². The summed E-state index contributed by atoms with van der Waals surface area (Å²) in [5.74, 6) is -0.0868. The second-order valence-corrected chi connectivity index (χ2v) is 5.79. The van der Waals surface area contributed by atoms with Crippen LogP contribution in [0.15, 0.2) is 47.4 Å². The van der Waals surface area contributed by atoms with Crippen molar-refractivity contribution in [1.29, 1.82) is 0 Å². The zero-order chi connectivity index (χ0) is 14.1. The molecule has 0 bridgehead atoms. The zero-order valence-electron chi connectivity index (χ0n) is 10.8. The molecule has 2 nitrogen and oxygen atoms in total. The van der Waals surface area contributed by atoms with Gasteiger partial charge in [-0.3, -0.25) is 4.79 Å². The van der Waals surface area contributed by atoms with Gasteiger partial charge in [0, 0.05) is 21.1 Å². The number of thioether (sulfide) groups is 1. The van der Waals surface area contributed by atoms with Gasteiger partial charge in [0.05, 0.1) is 5.69 Å². The number of amides is 1. The molecule has 0 unspecified atom stereocenters. The van der Waals surface area contributed by atoms with Crippen molar-refractivity contribution in [3.8, 4) is 0 Å². The van der Waals surface area contributed by atoms with Crippen molar-refractivity contribution in [2.24, 2.45) is 0 Å². The normalized spacial score (nSPS) is 15.3. The van der Waals surface area contributed by atoms with Gasteiger partial charge in [-0.2, -0.15) is 0 Å². The lowest BCUT2D eigenvalue weighted by Crippen LogP contribution is -2.03. The third-order valence-electron chi connectivity index (χ3n) is 3.19. The lowest BCUT2D eigenvalue weighted by molar-refractivity contribution is -0.110. The monoisotopic (exact) mass is 301 g/mol. The molecule has 3 rings (SSSR count). The second-order valence-electron chi connectivity index (χ2n) is 4.48. The number of hydrogen-bond acceptors (Lipinski definition) is 2. The first-order valence-electron chi connectivity index (χ1n) is 6.14. The Hall–Kier alpha value is -1.71. The summed E-state index contributed by atoms with van der Waals surface area (Å²) >= 11 is 7.64. The average Bonchev–Trinajstić information content (AvgIpc) is 2.75. The van der Waals surface area contributed by atoms with E-state index in [1.54, 1.807) is 23.9 Å². The van der Waals surface area contributed by atoms with Crippen LogP contribution in [-0.4, -0.2) is 12.2 Å². The van der Waals surface area contributed by atoms with Crippen molar-refractivity contribution in [3.63, 3.8) is 0 Å². The van der Waals surface area contributed by atoms with Gasteiger partial charge < -0.3 is 5.32 Å². The highest BCUT2D eigenvalue weighted by atomic mass is 35.5. The molecule has 0 aromatic heterocycles. The summed E-state index contributed by atoms with van der Waals surface area (Å²) in [5, 5.41) is 3.46. The van der Waals surface area contributed by atoms with Gasteiger partial charge in [-0.15, -0.1) is 11.8 Å². The summed E-state index contributed by atoms with van der Waals surface area (Å²) in [6.07, 6.45) is 3.94. The number of rotatable bonds is 2. The molecule has 0 fully saturated rings. The Kier molecular flexibility index (Phi) is 3.55. The summed E-state index contributed by atoms with van der Waals surface area (Å²) in [6.45, 7) is 0. The van der Waals surface area contributed by atoms with Crippen LogP contribution in [0.4, 0.5) is 5.69 Å². The van der Waals surface area contributed by atoms with Crippen molar-refractivity contribution in [2.75, 3.05) is 11.6 Å². The van der Waals surface area contributed by atoms with Crippen molar-refractivity contribution < 1.29 is 4.79 Å². The quantitative estimate of drug-likeness (QED) is 0.651. The maximum Gasteiger partial charge on any atom is 0.256 e. The van der Waals surface area contributed by atoms with E-state index in [1.165, 1.54) is 4.90 Å². The van der Waals surface area contributed by atoms with Gasteiger partial charge in [0.2, 0.25) is 0 Å². The number of benzene rings is 2. The van der Waals surface area contributed by atoms with Crippen LogP contribution >= 0.6 is 23.4 Å². The number of hydrogen-bond donors (Lipinski definition) is 1. The summed E-state index contributed by atoms with van der Waals surface area (Å²) in [6, 6.07) is 13.6. The Morgan fingerprint density at radius 2 is 1.90 bits per heavy atom. The van der Waals surface area contributed by atoms with E-state index in [0.29, 0.717) is 10.6 Å². The molecule has 0 atom stereocenters. The molecule has 4 heteroatoms. The molecular formula is C16H12ClNOS. The first kappa shape index (κ1) is 13.3. The minimum Gasteiger partial charge on any atom is -0.321 e. The fourth-order valence-corrected chi connectivity index (χ4v) is 2.76. The number of fused-ring (bicyclic) bond motifs is 1. The van der Waals surface area contributed by atoms with E-state index in [4.69, 9.17) is 11.6 Å². The first-order valence-corrected chi connectivity index (χ1v) is 7.74. The van der Waals surface area contributed by atoms with Crippen LogP contribution in [0.1, 0.15) is 11.1 Å². The minimum atomic E-state index is -0.0868. The fourth-order valence-electron chi connectivity index (χ4n) is 2.18. The highest BCUT2D eigenvalue weighted by molar-refractivity contribution is 7.98. The largest absolute Gasteiger partial charge is 0.321 e. The van der Waals surface area contributed by atoms with Gasteiger partial charge in [-0.1, -0.05) is 29.8 Å². The summed E-state index contributed by atoms with van der Waals surface area (Å²) in [7, 11) is 0. The maximum absolute atomic E-state index is 12.0. The number of carbonyl (C=O) groups excluding carboxylic acids is 1. The van der Waals surface area contributed by atoms with Crippen molar-refractivity contribution in [2.45, 2.75) is 4.90 Å². The van der Waals surface area contributed by atoms with Crippen LogP contribution < -0.4 is 5.32 Å². The van der Waals surface area contributed by atoms with Gasteiger partial charge in [0.25, 0.3) is 5.91 Å². The van der Waals surface area contributed by atoms with Crippen LogP contribution in [0.2, 0.25) is 5.02 Å². The standard InChI is InChI=1S/C16H12ClNOS/c1-20-12-5-2-10(3-6-12)8-14-13-7-4-11(17)9-15(13)18-16(14)19/h2-9H,1H3,(H,18,19)/b14-8-. The van der Waals surface area contributed by atoms with Gasteiger partial charge >= 0.3 is 0 Å². The average molecular weight is 302 g/mol. The fraction of sp³-hybridized carbons (Fsp3) is 0.0625. The molecule has 1 N–H and O–H groups in total. The molecule has 0 radical (unpaired) electrons. The zero-order valence-corrected chi connectivity index (χ0v) is 12.4. The molecule has 2 aromatic rings. The number of halogens is 1. The van der Waals surface area contributed by atoms with Gasteiger partial charge in [0.15, 0.2) is 0 Å². The van der Waals surface area contributed by atoms with Crippen LogP contribution in [0, 0.1) is 0 Å². The number of nitrogens with one attached hydrogen (secondary N) is 1. The third-order valence-corrected chi connectivity index (χ3v) is 4.17. The molecule has 0 aliphatic carbocycles. The molecule has 1 heterocycles. The number of anilines is 1. The molecule has 1 amide bonds. The lowest BCUT2D eigenvalue weighted by Gasteiger charge is -2.00. The van der Waals surface area contributed by atoms with E-state index < -0.39 is 0 Å². The molecule has 0 saturated heterocycles. The molecule has 0 spiro atoms. The van der Waals surface area contributed by atoms with Crippen molar-refractivity contribution >= 4 is 46.6 Å². The van der Waals surface area contributed by atoms with E-state index in [-0.39, 0.29) is 5.91 Å². The smallest absolute Gasteiger partial charge is 0.256 e. The molecule has 0 saturated carbocycles. The van der Waals surface area contributed by atoms with E-state index in [0.717, 1.165) is 16.8 Å². The summed E-state index contributed by atoms with van der Waals surface area (Å²) in [4.78, 5) is 13.2. The molecule has 100 valence electrons. The topological polar surface area (TPSA) is 29.1 Å². The number of carbonyl (C=O) groups is 1. The van der Waals surface area contributed by atoms with E-state index in [2.05, 4.69) is 5.32 Å². The van der Waals surface area contributed by atoms with E-state index in [9.17, 15) is 4.79 Å². The van der Waals surface area contributed by atoms with Gasteiger partial charge in [-0.25, -0.2) is 0 Å². The molecular weight excluding hydrogens is 290 g/mol. The Bertz CT molecular complexity index is 707. The Morgan fingerprint density at radius 3 is 2.60 bits per heavy atom. The first-order chi connectivity index (χ1) is 9.67. The van der Waals surface area contributed by atoms with Crippen LogP contribution in [0.5, 0.6) is 0 Å². The molecule has 1 aliphatic rings. The Morgan fingerprint density at radius 1 is 1.15 bits per heavy atom. The molecule has 20 heavy (non-hydrogen) atoms. The van der Waals surface area contributed by atoms with E-state index in [1.807, 2.05) is 42.7 Å². The summed E-state index contributed by atoms with van der Waals surface area (Å²) in [5.41, 5.74) is 3.35. The Balaban J connectivity index is 2.01. The maximum atomic E-state index is 12.0. The lowest BCUT2D eigenvalue weighted by atomic mass is 10.0. The van der Waals surface area contributed by atoms with Crippen molar-refractivity contribution in [3.05, 3.63) is 58.6 Å². The highest BCUT2D eigenvalue weighted by Crippen LogP contribution is 2.34. The van der Waals surface area contributed by atoms with Crippen molar-refractivity contribution in [1.82, 2.24) is 0 Å². The minimum absolute atomic E-state index is 0.0868. The van der Waals surface area contributed by atoms with Crippen LogP contribution in [0.25, 0.3) is 11.6 Å². The third kappa shape index (κ3) is 2.47.